The van der Waals surface area contributed by atoms with E-state index in [1.54, 1.807) is 6.07 Å². The number of hydrogen-bond acceptors (Lipinski definition) is 2. The molecule has 0 aliphatic carbocycles. The highest BCUT2D eigenvalue weighted by Gasteiger charge is 2.10. The number of halogens is 1. The summed E-state index contributed by atoms with van der Waals surface area (Å²) in [6, 6.07) is 13.8. The number of phenolic OH excluding ortho intramolecular Hbond substituents is 1. The van der Waals surface area contributed by atoms with Crippen molar-refractivity contribution in [3.8, 4) is 5.75 Å². The molecule has 1 atom stereocenters. The number of benzene rings is 2. The lowest BCUT2D eigenvalue weighted by Gasteiger charge is -2.17. The van der Waals surface area contributed by atoms with E-state index >= 15 is 0 Å². The van der Waals surface area contributed by atoms with Gasteiger partial charge in [-0.05, 0) is 49.7 Å². The first kappa shape index (κ1) is 13.0. The molecule has 2 aromatic rings. The molecule has 0 saturated heterocycles. The standard InChI is InChI=1S/C15H16BrNO/c1-10-3-8-14(15(18)9-10)11(2)17-13-6-4-12(16)5-7-13/h3-9,11,17-18H,1-2H3. The molecule has 0 amide bonds. The Morgan fingerprint density at radius 1 is 1.11 bits per heavy atom. The van der Waals surface area contributed by atoms with Crippen LogP contribution in [0.2, 0.25) is 0 Å². The first-order valence-electron chi connectivity index (χ1n) is 5.88. The summed E-state index contributed by atoms with van der Waals surface area (Å²) >= 11 is 3.41. The quantitative estimate of drug-likeness (QED) is 0.866. The van der Waals surface area contributed by atoms with Crippen LogP contribution in [0.15, 0.2) is 46.9 Å². The van der Waals surface area contributed by atoms with Gasteiger partial charge in [0.15, 0.2) is 0 Å². The van der Waals surface area contributed by atoms with Gasteiger partial charge in [-0.2, -0.15) is 0 Å². The molecular weight excluding hydrogens is 290 g/mol. The van der Waals surface area contributed by atoms with Crippen LogP contribution in [0.4, 0.5) is 5.69 Å². The lowest BCUT2D eigenvalue weighted by Crippen LogP contribution is -2.06. The third kappa shape index (κ3) is 3.05. The summed E-state index contributed by atoms with van der Waals surface area (Å²) in [6.45, 7) is 4.00. The molecule has 0 radical (unpaired) electrons. The van der Waals surface area contributed by atoms with E-state index in [4.69, 9.17) is 0 Å². The first-order chi connectivity index (χ1) is 8.56. The van der Waals surface area contributed by atoms with Gasteiger partial charge in [-0.1, -0.05) is 28.1 Å². The van der Waals surface area contributed by atoms with E-state index in [0.717, 1.165) is 21.3 Å². The Hall–Kier alpha value is -1.48. The van der Waals surface area contributed by atoms with E-state index < -0.39 is 0 Å². The highest BCUT2D eigenvalue weighted by Crippen LogP contribution is 2.28. The summed E-state index contributed by atoms with van der Waals surface area (Å²) < 4.78 is 1.05. The van der Waals surface area contributed by atoms with Crippen molar-refractivity contribution in [2.45, 2.75) is 19.9 Å². The summed E-state index contributed by atoms with van der Waals surface area (Å²) in [5.74, 6) is 0.340. The lowest BCUT2D eigenvalue weighted by atomic mass is 10.0. The van der Waals surface area contributed by atoms with Gasteiger partial charge in [0.2, 0.25) is 0 Å². The number of hydrogen-bond donors (Lipinski definition) is 2. The minimum atomic E-state index is 0.0618. The fourth-order valence-electron chi connectivity index (χ4n) is 1.89. The molecule has 94 valence electrons. The Bertz CT molecular complexity index is 537. The minimum absolute atomic E-state index is 0.0618. The fourth-order valence-corrected chi connectivity index (χ4v) is 2.16. The van der Waals surface area contributed by atoms with Crippen LogP contribution in [0.1, 0.15) is 24.1 Å². The summed E-state index contributed by atoms with van der Waals surface area (Å²) in [7, 11) is 0. The maximum absolute atomic E-state index is 9.94. The number of aryl methyl sites for hydroxylation is 1. The molecule has 0 aliphatic rings. The molecule has 18 heavy (non-hydrogen) atoms. The van der Waals surface area contributed by atoms with Crippen LogP contribution in [-0.4, -0.2) is 5.11 Å². The van der Waals surface area contributed by atoms with Gasteiger partial charge in [0.1, 0.15) is 5.75 Å². The molecular formula is C15H16BrNO. The van der Waals surface area contributed by atoms with Gasteiger partial charge in [-0.3, -0.25) is 0 Å². The summed E-state index contributed by atoms with van der Waals surface area (Å²) in [4.78, 5) is 0. The molecule has 0 fully saturated rings. The minimum Gasteiger partial charge on any atom is -0.508 e. The SMILES string of the molecule is Cc1ccc(C(C)Nc2ccc(Br)cc2)c(O)c1. The number of rotatable bonds is 3. The number of aromatic hydroxyl groups is 1. The second kappa shape index (κ2) is 5.44. The normalized spacial score (nSPS) is 12.2. The number of anilines is 1. The predicted molar refractivity (Wildman–Crippen MR) is 79.0 cm³/mol. The van der Waals surface area contributed by atoms with Crippen LogP contribution in [-0.2, 0) is 0 Å². The van der Waals surface area contributed by atoms with E-state index in [-0.39, 0.29) is 6.04 Å². The van der Waals surface area contributed by atoms with Crippen LogP contribution < -0.4 is 5.32 Å². The van der Waals surface area contributed by atoms with Gasteiger partial charge in [0, 0.05) is 15.7 Å². The summed E-state index contributed by atoms with van der Waals surface area (Å²) in [6.07, 6.45) is 0. The van der Waals surface area contributed by atoms with Crippen molar-refractivity contribution in [3.63, 3.8) is 0 Å². The van der Waals surface area contributed by atoms with Crippen molar-refractivity contribution in [1.29, 1.82) is 0 Å². The maximum atomic E-state index is 9.94. The molecule has 0 spiro atoms. The Kier molecular flexibility index (Phi) is 3.92. The molecule has 0 saturated carbocycles. The van der Waals surface area contributed by atoms with Crippen LogP contribution in [0.25, 0.3) is 0 Å². The van der Waals surface area contributed by atoms with Crippen LogP contribution >= 0.6 is 15.9 Å². The van der Waals surface area contributed by atoms with E-state index in [0.29, 0.717) is 5.75 Å². The van der Waals surface area contributed by atoms with Crippen molar-refractivity contribution < 1.29 is 5.11 Å². The molecule has 0 aliphatic heterocycles. The molecule has 3 heteroatoms. The molecule has 0 heterocycles. The maximum Gasteiger partial charge on any atom is 0.121 e. The summed E-state index contributed by atoms with van der Waals surface area (Å²) in [5.41, 5.74) is 3.00. The van der Waals surface area contributed by atoms with Crippen molar-refractivity contribution in [1.82, 2.24) is 0 Å². The predicted octanol–water partition coefficient (Wildman–Crippen LogP) is 4.64. The van der Waals surface area contributed by atoms with Gasteiger partial charge in [0.25, 0.3) is 0 Å². The average molecular weight is 306 g/mol. The fraction of sp³-hybridized carbons (Fsp3) is 0.200. The summed E-state index contributed by atoms with van der Waals surface area (Å²) in [5, 5.41) is 13.3. The highest BCUT2D eigenvalue weighted by molar-refractivity contribution is 9.10. The Morgan fingerprint density at radius 2 is 1.78 bits per heavy atom. The van der Waals surface area contributed by atoms with E-state index in [2.05, 4.69) is 21.2 Å². The van der Waals surface area contributed by atoms with Gasteiger partial charge in [0.05, 0.1) is 6.04 Å². The highest BCUT2D eigenvalue weighted by atomic mass is 79.9. The molecule has 2 aromatic carbocycles. The second-order valence-electron chi connectivity index (χ2n) is 4.44. The monoisotopic (exact) mass is 305 g/mol. The van der Waals surface area contributed by atoms with Crippen LogP contribution in [0.3, 0.4) is 0 Å². The zero-order valence-corrected chi connectivity index (χ0v) is 12.0. The van der Waals surface area contributed by atoms with Gasteiger partial charge >= 0.3 is 0 Å². The Balaban J connectivity index is 2.16. The third-order valence-corrected chi connectivity index (χ3v) is 3.41. The number of phenols is 1. The Morgan fingerprint density at radius 3 is 2.39 bits per heavy atom. The molecule has 0 aromatic heterocycles. The zero-order chi connectivity index (χ0) is 13.1. The van der Waals surface area contributed by atoms with Crippen molar-refractivity contribution >= 4 is 21.6 Å². The van der Waals surface area contributed by atoms with E-state index in [1.807, 2.05) is 50.2 Å². The van der Waals surface area contributed by atoms with E-state index in [9.17, 15) is 5.11 Å². The lowest BCUT2D eigenvalue weighted by molar-refractivity contribution is 0.465. The average Bonchev–Trinajstić information content (AvgIpc) is 2.32. The van der Waals surface area contributed by atoms with E-state index in [1.165, 1.54) is 0 Å². The van der Waals surface area contributed by atoms with Crippen molar-refractivity contribution in [3.05, 3.63) is 58.1 Å². The first-order valence-corrected chi connectivity index (χ1v) is 6.67. The zero-order valence-electron chi connectivity index (χ0n) is 10.4. The van der Waals surface area contributed by atoms with Gasteiger partial charge in [-0.25, -0.2) is 0 Å². The molecule has 1 unspecified atom stereocenters. The largest absolute Gasteiger partial charge is 0.508 e. The second-order valence-corrected chi connectivity index (χ2v) is 5.35. The molecule has 2 N–H and O–H groups in total. The third-order valence-electron chi connectivity index (χ3n) is 2.88. The molecule has 2 rings (SSSR count). The van der Waals surface area contributed by atoms with Gasteiger partial charge < -0.3 is 10.4 Å². The number of nitrogens with one attached hydrogen (secondary N) is 1. The van der Waals surface area contributed by atoms with Gasteiger partial charge in [-0.15, -0.1) is 0 Å². The Labute approximate surface area is 116 Å². The van der Waals surface area contributed by atoms with Crippen molar-refractivity contribution in [2.75, 3.05) is 5.32 Å². The van der Waals surface area contributed by atoms with Crippen molar-refractivity contribution in [2.24, 2.45) is 0 Å². The smallest absolute Gasteiger partial charge is 0.121 e. The topological polar surface area (TPSA) is 32.3 Å². The molecule has 0 bridgehead atoms. The molecule has 2 nitrogen and oxygen atoms in total. The van der Waals surface area contributed by atoms with Crippen LogP contribution in [0.5, 0.6) is 5.75 Å². The van der Waals surface area contributed by atoms with Crippen LogP contribution in [0, 0.1) is 6.92 Å².